The number of halogens is 1. The van der Waals surface area contributed by atoms with E-state index in [0.717, 1.165) is 31.5 Å². The number of non-ortho nitro benzene ring substituents is 1. The number of ether oxygens (including phenoxy) is 1. The molecule has 1 aliphatic rings. The third-order valence-corrected chi connectivity index (χ3v) is 4.15. The van der Waals surface area contributed by atoms with Gasteiger partial charge in [-0.25, -0.2) is 0 Å². The number of nitrogens with two attached hydrogens (primary N) is 1. The highest BCUT2D eigenvalue weighted by molar-refractivity contribution is 5.85. The zero-order valence-corrected chi connectivity index (χ0v) is 13.8. The predicted molar refractivity (Wildman–Crippen MR) is 88.5 cm³/mol. The van der Waals surface area contributed by atoms with Crippen molar-refractivity contribution in [2.45, 2.75) is 32.4 Å². The van der Waals surface area contributed by atoms with E-state index >= 15 is 0 Å². The second-order valence-electron chi connectivity index (χ2n) is 5.75. The fourth-order valence-corrected chi connectivity index (χ4v) is 2.91. The highest BCUT2D eigenvalue weighted by Gasteiger charge is 2.24. The number of rotatable bonds is 5. The van der Waals surface area contributed by atoms with Crippen molar-refractivity contribution in [3.05, 3.63) is 33.9 Å². The van der Waals surface area contributed by atoms with Crippen molar-refractivity contribution < 1.29 is 9.66 Å². The van der Waals surface area contributed by atoms with Crippen molar-refractivity contribution in [2.24, 2.45) is 11.7 Å². The molecule has 1 aromatic carbocycles. The van der Waals surface area contributed by atoms with Crippen molar-refractivity contribution in [1.29, 1.82) is 0 Å². The monoisotopic (exact) mass is 329 g/mol. The fraction of sp³-hybridized carbons (Fsp3) is 0.600. The number of methoxy groups -OCH3 is 1. The van der Waals surface area contributed by atoms with Gasteiger partial charge in [0.25, 0.3) is 5.69 Å². The Labute approximate surface area is 137 Å². The summed E-state index contributed by atoms with van der Waals surface area (Å²) in [6, 6.07) is 4.93. The van der Waals surface area contributed by atoms with Gasteiger partial charge in [-0.15, -0.1) is 12.4 Å². The van der Waals surface area contributed by atoms with Crippen LogP contribution in [0.15, 0.2) is 18.2 Å². The molecule has 1 aliphatic heterocycles. The summed E-state index contributed by atoms with van der Waals surface area (Å²) < 4.78 is 5.32. The molecule has 1 heterocycles. The Morgan fingerprint density at radius 1 is 1.55 bits per heavy atom. The van der Waals surface area contributed by atoms with Crippen LogP contribution in [0.4, 0.5) is 5.69 Å². The SMILES string of the molecule is COc1ccc([N+](=O)[O-])cc1CN1CCCC(C(C)N)C1.Cl. The molecule has 0 aromatic heterocycles. The smallest absolute Gasteiger partial charge is 0.270 e. The first kappa shape index (κ1) is 18.7. The van der Waals surface area contributed by atoms with E-state index in [2.05, 4.69) is 4.90 Å². The van der Waals surface area contributed by atoms with Crippen LogP contribution in [0.3, 0.4) is 0 Å². The number of benzene rings is 1. The van der Waals surface area contributed by atoms with Crippen LogP contribution in [0.5, 0.6) is 5.75 Å². The first-order valence-corrected chi connectivity index (χ1v) is 7.30. The average molecular weight is 330 g/mol. The lowest BCUT2D eigenvalue weighted by Crippen LogP contribution is -2.41. The first-order chi connectivity index (χ1) is 10.0. The van der Waals surface area contributed by atoms with Crippen LogP contribution >= 0.6 is 12.4 Å². The molecular weight excluding hydrogens is 306 g/mol. The van der Waals surface area contributed by atoms with Gasteiger partial charge in [0.1, 0.15) is 5.75 Å². The molecule has 22 heavy (non-hydrogen) atoms. The van der Waals surface area contributed by atoms with E-state index < -0.39 is 0 Å². The van der Waals surface area contributed by atoms with Crippen LogP contribution in [0.1, 0.15) is 25.3 Å². The van der Waals surface area contributed by atoms with Crippen LogP contribution in [0.2, 0.25) is 0 Å². The zero-order valence-electron chi connectivity index (χ0n) is 13.0. The molecule has 0 spiro atoms. The Morgan fingerprint density at radius 2 is 2.27 bits per heavy atom. The van der Waals surface area contributed by atoms with Crippen LogP contribution in [-0.2, 0) is 6.54 Å². The lowest BCUT2D eigenvalue weighted by atomic mass is 9.92. The van der Waals surface area contributed by atoms with E-state index in [1.165, 1.54) is 6.07 Å². The molecule has 0 aliphatic carbocycles. The molecule has 0 bridgehead atoms. The third kappa shape index (κ3) is 4.56. The molecule has 0 saturated carbocycles. The van der Waals surface area contributed by atoms with E-state index in [9.17, 15) is 10.1 Å². The normalized spacial score (nSPS) is 20.0. The minimum absolute atomic E-state index is 0. The zero-order chi connectivity index (χ0) is 15.4. The van der Waals surface area contributed by atoms with E-state index in [0.29, 0.717) is 18.2 Å². The van der Waals surface area contributed by atoms with Crippen LogP contribution in [-0.4, -0.2) is 36.1 Å². The maximum absolute atomic E-state index is 10.9. The van der Waals surface area contributed by atoms with Gasteiger partial charge in [-0.2, -0.15) is 0 Å². The summed E-state index contributed by atoms with van der Waals surface area (Å²) >= 11 is 0. The van der Waals surface area contributed by atoms with E-state index in [1.54, 1.807) is 19.2 Å². The average Bonchev–Trinajstić information content (AvgIpc) is 2.47. The largest absolute Gasteiger partial charge is 0.496 e. The molecule has 2 rings (SSSR count). The number of nitrogens with zero attached hydrogens (tertiary/aromatic N) is 2. The minimum Gasteiger partial charge on any atom is -0.496 e. The number of hydrogen-bond donors (Lipinski definition) is 1. The summed E-state index contributed by atoms with van der Waals surface area (Å²) in [5.41, 5.74) is 6.96. The summed E-state index contributed by atoms with van der Waals surface area (Å²) in [5, 5.41) is 10.9. The van der Waals surface area contributed by atoms with Gasteiger partial charge >= 0.3 is 0 Å². The van der Waals surface area contributed by atoms with Crippen molar-refractivity contribution in [3.63, 3.8) is 0 Å². The Kier molecular flexibility index (Phi) is 7.06. The van der Waals surface area contributed by atoms with E-state index in [-0.39, 0.29) is 29.1 Å². The molecule has 7 heteroatoms. The predicted octanol–water partition coefficient (Wildman–Crippen LogP) is 2.58. The van der Waals surface area contributed by atoms with E-state index in [4.69, 9.17) is 10.5 Å². The van der Waals surface area contributed by atoms with Crippen molar-refractivity contribution in [2.75, 3.05) is 20.2 Å². The second-order valence-corrected chi connectivity index (χ2v) is 5.75. The maximum atomic E-state index is 10.9. The van der Waals surface area contributed by atoms with Gasteiger partial charge in [-0.1, -0.05) is 0 Å². The molecule has 0 amide bonds. The Bertz CT molecular complexity index is 511. The van der Waals surface area contributed by atoms with Gasteiger partial charge in [0.05, 0.1) is 12.0 Å². The van der Waals surface area contributed by atoms with Gasteiger partial charge in [-0.05, 0) is 38.3 Å². The third-order valence-electron chi connectivity index (χ3n) is 4.15. The molecule has 1 aromatic rings. The van der Waals surface area contributed by atoms with E-state index in [1.807, 2.05) is 6.92 Å². The van der Waals surface area contributed by atoms with Gasteiger partial charge in [0.2, 0.25) is 0 Å². The lowest BCUT2D eigenvalue weighted by molar-refractivity contribution is -0.385. The second kappa shape index (κ2) is 8.31. The summed E-state index contributed by atoms with van der Waals surface area (Å²) in [4.78, 5) is 12.9. The van der Waals surface area contributed by atoms with Crippen LogP contribution < -0.4 is 10.5 Å². The Balaban J connectivity index is 0.00000242. The Hall–Kier alpha value is -1.37. The van der Waals surface area contributed by atoms with Gasteiger partial charge in [-0.3, -0.25) is 15.0 Å². The number of likely N-dealkylation sites (tertiary alicyclic amines) is 1. The topological polar surface area (TPSA) is 81.6 Å². The summed E-state index contributed by atoms with van der Waals surface area (Å²) in [5.74, 6) is 1.19. The van der Waals surface area contributed by atoms with Crippen molar-refractivity contribution in [3.8, 4) is 5.75 Å². The standard InChI is InChI=1S/C15H23N3O3.ClH/c1-11(16)12-4-3-7-17(9-12)10-13-8-14(18(19)20)5-6-15(13)21-2;/h5-6,8,11-12H,3-4,7,9-10,16H2,1-2H3;1H. The number of piperidine rings is 1. The molecule has 2 atom stereocenters. The van der Waals surface area contributed by atoms with Gasteiger partial charge in [0, 0.05) is 36.8 Å². The van der Waals surface area contributed by atoms with Gasteiger partial charge < -0.3 is 10.5 Å². The maximum Gasteiger partial charge on any atom is 0.270 e. The number of hydrogen-bond acceptors (Lipinski definition) is 5. The van der Waals surface area contributed by atoms with Crippen LogP contribution in [0.25, 0.3) is 0 Å². The summed E-state index contributed by atoms with van der Waals surface area (Å²) in [6.07, 6.45) is 2.27. The number of nitro benzene ring substituents is 1. The molecule has 124 valence electrons. The molecule has 0 radical (unpaired) electrons. The molecule has 2 N–H and O–H groups in total. The quantitative estimate of drug-likeness (QED) is 0.663. The first-order valence-electron chi connectivity index (χ1n) is 7.30. The molecule has 1 saturated heterocycles. The Morgan fingerprint density at radius 3 is 2.86 bits per heavy atom. The van der Waals surface area contributed by atoms with Crippen LogP contribution in [0, 0.1) is 16.0 Å². The molecular formula is C15H24ClN3O3. The minimum atomic E-state index is -0.371. The molecule has 2 unspecified atom stereocenters. The lowest BCUT2D eigenvalue weighted by Gasteiger charge is -2.34. The molecule has 1 fully saturated rings. The summed E-state index contributed by atoms with van der Waals surface area (Å²) in [6.45, 7) is 4.63. The molecule has 6 nitrogen and oxygen atoms in total. The summed E-state index contributed by atoms with van der Waals surface area (Å²) in [7, 11) is 1.59. The highest BCUT2D eigenvalue weighted by Crippen LogP contribution is 2.27. The van der Waals surface area contributed by atoms with Crippen molar-refractivity contribution in [1.82, 2.24) is 4.90 Å². The highest BCUT2D eigenvalue weighted by atomic mass is 35.5. The van der Waals surface area contributed by atoms with Gasteiger partial charge in [0.15, 0.2) is 0 Å². The number of nitro groups is 1. The van der Waals surface area contributed by atoms with Crippen molar-refractivity contribution >= 4 is 18.1 Å². The fourth-order valence-electron chi connectivity index (χ4n) is 2.91.